The first-order chi connectivity index (χ1) is 32.2. The Morgan fingerprint density at radius 1 is 0.397 bits per heavy atom. The van der Waals surface area contributed by atoms with Crippen LogP contribution in [0.2, 0.25) is 0 Å². The highest BCUT2D eigenvalue weighted by Crippen LogP contribution is 2.51. The van der Waals surface area contributed by atoms with Gasteiger partial charge in [0.15, 0.2) is 0 Å². The van der Waals surface area contributed by atoms with Crippen molar-refractivity contribution in [1.82, 2.24) is 4.48 Å². The highest BCUT2D eigenvalue weighted by Gasteiger charge is 2.45. The summed E-state index contributed by atoms with van der Waals surface area (Å²) in [6, 6.07) is 60.7. The van der Waals surface area contributed by atoms with Crippen LogP contribution in [0.25, 0.3) is 66.3 Å². The summed E-state index contributed by atoms with van der Waals surface area (Å²) >= 11 is 0. The van der Waals surface area contributed by atoms with E-state index in [1.165, 1.54) is 116 Å². The van der Waals surface area contributed by atoms with E-state index in [1.807, 2.05) is 0 Å². The zero-order chi connectivity index (χ0) is 47.8. The van der Waals surface area contributed by atoms with Crippen molar-refractivity contribution < 1.29 is 0 Å². The van der Waals surface area contributed by atoms with E-state index in [4.69, 9.17) is 0 Å². The van der Waals surface area contributed by atoms with Gasteiger partial charge >= 0.3 is 6.85 Å². The van der Waals surface area contributed by atoms with Crippen molar-refractivity contribution in [2.45, 2.75) is 112 Å². The number of nitrogens with zero attached hydrogens (tertiary/aromatic N) is 2. The molecule has 0 bridgehead atoms. The zero-order valence-electron chi connectivity index (χ0n) is 42.5. The molecule has 11 rings (SSSR count). The van der Waals surface area contributed by atoms with Crippen LogP contribution in [-0.4, -0.2) is 11.3 Å². The maximum atomic E-state index is 2.74. The minimum absolute atomic E-state index is 0.000959. The molecule has 0 aliphatic carbocycles. The topological polar surface area (TPSA) is 8.17 Å². The molecule has 0 spiro atoms. The quantitative estimate of drug-likeness (QED) is 0.160. The van der Waals surface area contributed by atoms with Crippen molar-refractivity contribution in [3.63, 3.8) is 0 Å². The van der Waals surface area contributed by atoms with Gasteiger partial charge in [-0.1, -0.05) is 192 Å². The monoisotopic (exact) mass is 885 g/mol. The van der Waals surface area contributed by atoms with E-state index < -0.39 is 0 Å². The van der Waals surface area contributed by atoms with Crippen LogP contribution < -0.4 is 15.8 Å². The van der Waals surface area contributed by atoms with Crippen molar-refractivity contribution in [2.75, 3.05) is 4.90 Å². The number of benzene rings is 8. The van der Waals surface area contributed by atoms with Crippen LogP contribution in [0.5, 0.6) is 0 Å². The molecule has 8 aromatic carbocycles. The van der Waals surface area contributed by atoms with Gasteiger partial charge in [0.2, 0.25) is 0 Å². The molecule has 0 amide bonds. The molecule has 68 heavy (non-hydrogen) atoms. The predicted molar refractivity (Wildman–Crippen MR) is 296 cm³/mol. The molecular formula is C65H65BN2. The summed E-state index contributed by atoms with van der Waals surface area (Å²) in [6.45, 7) is 30.6. The van der Waals surface area contributed by atoms with E-state index in [0.717, 1.165) is 5.69 Å². The minimum Gasteiger partial charge on any atom is -0.375 e. The van der Waals surface area contributed by atoms with Gasteiger partial charge in [0.25, 0.3) is 0 Å². The van der Waals surface area contributed by atoms with Gasteiger partial charge < -0.3 is 9.38 Å². The molecule has 3 heterocycles. The maximum absolute atomic E-state index is 2.74. The van der Waals surface area contributed by atoms with Crippen LogP contribution in [0.15, 0.2) is 158 Å². The number of anilines is 3. The molecule has 2 aliphatic rings. The zero-order valence-corrected chi connectivity index (χ0v) is 42.5. The lowest BCUT2D eigenvalue weighted by Crippen LogP contribution is -2.57. The molecule has 0 atom stereocenters. The summed E-state index contributed by atoms with van der Waals surface area (Å²) in [6.07, 6.45) is 0. The van der Waals surface area contributed by atoms with Crippen molar-refractivity contribution >= 4 is 56.6 Å². The lowest BCUT2D eigenvalue weighted by molar-refractivity contribution is 0.569. The van der Waals surface area contributed by atoms with E-state index in [0.29, 0.717) is 0 Å². The molecule has 0 radical (unpaired) electrons. The minimum atomic E-state index is -0.0780. The highest BCUT2D eigenvalue weighted by molar-refractivity contribution is 6.90. The molecule has 9 aromatic rings. The van der Waals surface area contributed by atoms with Crippen molar-refractivity contribution in [3.8, 4) is 44.5 Å². The normalized spacial score (nSPS) is 13.6. The summed E-state index contributed by atoms with van der Waals surface area (Å²) in [5, 5.41) is 2.68. The molecule has 0 fully saturated rings. The summed E-state index contributed by atoms with van der Waals surface area (Å²) in [5.41, 5.74) is 25.7. The Hall–Kier alpha value is -6.58. The Balaban J connectivity index is 1.31. The Bertz CT molecular complexity index is 3440. The number of aromatic nitrogens is 1. The van der Waals surface area contributed by atoms with Crippen LogP contribution >= 0.6 is 0 Å². The summed E-state index contributed by atoms with van der Waals surface area (Å²) in [4.78, 5) is 2.59. The molecule has 0 saturated carbocycles. The van der Waals surface area contributed by atoms with Gasteiger partial charge in [0, 0.05) is 44.4 Å². The number of fused-ring (bicyclic) bond motifs is 7. The second-order valence-corrected chi connectivity index (χ2v) is 24.0. The Labute approximate surface area is 405 Å². The smallest absolute Gasteiger partial charge is 0.333 e. The number of hydrogen-bond acceptors (Lipinski definition) is 1. The fraction of sp³-hybridized carbons (Fsp3) is 0.262. The molecule has 338 valence electrons. The molecule has 2 nitrogen and oxygen atoms in total. The first kappa shape index (κ1) is 44.0. The fourth-order valence-corrected chi connectivity index (χ4v) is 11.1. The molecule has 0 unspecified atom stereocenters. The van der Waals surface area contributed by atoms with Gasteiger partial charge in [0.05, 0.1) is 0 Å². The van der Waals surface area contributed by atoms with Crippen molar-refractivity contribution in [1.29, 1.82) is 0 Å². The SMILES string of the molecule is Cc1c(-c2cc(C(C)(C)C)cc(C(C)(C)C)c2)cc2c3c1-c1cc(C(C)(C)C)cc4c5cc(C(C)(C)C)ccc5n(c14)B3c1cc(-c3ccccc3)ccc1N2c1ccc(-c2ccccc2)cc1. The Kier molecular flexibility index (Phi) is 9.84. The molecule has 2 aliphatic heterocycles. The van der Waals surface area contributed by atoms with Crippen LogP contribution in [0, 0.1) is 6.92 Å². The fourth-order valence-electron chi connectivity index (χ4n) is 11.1. The third-order valence-corrected chi connectivity index (χ3v) is 15.2. The van der Waals surface area contributed by atoms with E-state index >= 15 is 0 Å². The van der Waals surface area contributed by atoms with Gasteiger partial charge in [-0.05, 0) is 155 Å². The first-order valence-electron chi connectivity index (χ1n) is 24.8. The Morgan fingerprint density at radius 2 is 0.926 bits per heavy atom. The predicted octanol–water partition coefficient (Wildman–Crippen LogP) is 16.7. The lowest BCUT2D eigenvalue weighted by atomic mass is 9.44. The second kappa shape index (κ2) is 15.2. The van der Waals surface area contributed by atoms with Crippen LogP contribution in [0.3, 0.4) is 0 Å². The van der Waals surface area contributed by atoms with E-state index in [2.05, 4.69) is 257 Å². The van der Waals surface area contributed by atoms with Crippen molar-refractivity contribution in [2.24, 2.45) is 0 Å². The lowest BCUT2D eigenvalue weighted by Gasteiger charge is -2.42. The van der Waals surface area contributed by atoms with E-state index in [-0.39, 0.29) is 28.5 Å². The standard InChI is InChI=1S/C65H65BN2/c1-40-51(45-32-47(63(5,6)7)35-48(33-45)64(8,9)10)39-58-60-59(40)54-38-49(65(11,12)13)37-53-52-36-46(62(2,3)4)27-31-56(52)68(61(53)54)66(60)55-34-44(42-22-18-15-19-23-42)26-30-57(55)67(58)50-28-24-43(25-29-50)41-20-16-14-17-21-41/h14-39H,1-13H3. The molecule has 3 heteroatoms. The van der Waals surface area contributed by atoms with Crippen LogP contribution in [0.1, 0.15) is 111 Å². The summed E-state index contributed by atoms with van der Waals surface area (Å²) < 4.78 is 2.74. The van der Waals surface area contributed by atoms with Gasteiger partial charge in [-0.2, -0.15) is 0 Å². The summed E-state index contributed by atoms with van der Waals surface area (Å²) in [5.74, 6) is 0. The average molecular weight is 885 g/mol. The van der Waals surface area contributed by atoms with E-state index in [1.54, 1.807) is 0 Å². The van der Waals surface area contributed by atoms with Gasteiger partial charge in [-0.25, -0.2) is 0 Å². The maximum Gasteiger partial charge on any atom is 0.333 e. The average Bonchev–Trinajstić information content (AvgIpc) is 3.63. The number of rotatable bonds is 4. The largest absolute Gasteiger partial charge is 0.375 e. The summed E-state index contributed by atoms with van der Waals surface area (Å²) in [7, 11) is 0. The third kappa shape index (κ3) is 7.07. The highest BCUT2D eigenvalue weighted by atomic mass is 15.2. The Morgan fingerprint density at radius 3 is 1.51 bits per heavy atom. The second-order valence-electron chi connectivity index (χ2n) is 24.0. The van der Waals surface area contributed by atoms with Crippen LogP contribution in [-0.2, 0) is 21.7 Å². The molecule has 0 saturated heterocycles. The van der Waals surface area contributed by atoms with Gasteiger partial charge in [0.1, 0.15) is 0 Å². The van der Waals surface area contributed by atoms with Gasteiger partial charge in [-0.3, -0.25) is 0 Å². The molecular weight excluding hydrogens is 820 g/mol. The van der Waals surface area contributed by atoms with E-state index in [9.17, 15) is 0 Å². The van der Waals surface area contributed by atoms with Crippen molar-refractivity contribution in [3.05, 3.63) is 186 Å². The van der Waals surface area contributed by atoms with Crippen LogP contribution in [0.4, 0.5) is 17.1 Å². The van der Waals surface area contributed by atoms with Gasteiger partial charge in [-0.15, -0.1) is 0 Å². The third-order valence-electron chi connectivity index (χ3n) is 15.2. The molecule has 0 N–H and O–H groups in total. The molecule has 1 aromatic heterocycles. The first-order valence-corrected chi connectivity index (χ1v) is 24.8. The number of hydrogen-bond donors (Lipinski definition) is 0.